The molecule has 1 aromatic heterocycles. The molecule has 126 valence electrons. The number of carbonyl (C=O) groups is 1. The van der Waals surface area contributed by atoms with Gasteiger partial charge in [0.1, 0.15) is 5.56 Å². The van der Waals surface area contributed by atoms with Gasteiger partial charge in [0, 0.05) is 33.0 Å². The van der Waals surface area contributed by atoms with Gasteiger partial charge in [0.25, 0.3) is 5.91 Å². The van der Waals surface area contributed by atoms with Crippen LogP contribution in [0.3, 0.4) is 0 Å². The maximum atomic E-state index is 12.7. The lowest BCUT2D eigenvalue weighted by Gasteiger charge is -2.29. The summed E-state index contributed by atoms with van der Waals surface area (Å²) >= 11 is 0. The smallest absolute Gasteiger partial charge is 0.260 e. The number of amides is 1. The molecule has 0 N–H and O–H groups in total. The Bertz CT molecular complexity index is 756. The van der Waals surface area contributed by atoms with Crippen molar-refractivity contribution in [3.63, 3.8) is 0 Å². The summed E-state index contributed by atoms with van der Waals surface area (Å²) in [6.45, 7) is 2.60. The van der Waals surface area contributed by atoms with E-state index >= 15 is 0 Å². The van der Waals surface area contributed by atoms with Crippen molar-refractivity contribution in [2.45, 2.75) is 32.1 Å². The molecule has 0 fully saturated rings. The molecule has 0 saturated heterocycles. The molecule has 6 nitrogen and oxygen atoms in total. The van der Waals surface area contributed by atoms with Crippen molar-refractivity contribution in [1.29, 1.82) is 0 Å². The summed E-state index contributed by atoms with van der Waals surface area (Å²) in [5.74, 6) is 0.522. The van der Waals surface area contributed by atoms with Crippen LogP contribution in [0.1, 0.15) is 27.9 Å². The maximum Gasteiger partial charge on any atom is 0.260 e. The van der Waals surface area contributed by atoms with E-state index in [9.17, 15) is 4.79 Å². The molecule has 0 spiro atoms. The van der Waals surface area contributed by atoms with Gasteiger partial charge in [-0.05, 0) is 11.1 Å². The van der Waals surface area contributed by atoms with Gasteiger partial charge in [0.2, 0.25) is 5.88 Å². The zero-order valence-corrected chi connectivity index (χ0v) is 13.8. The van der Waals surface area contributed by atoms with Gasteiger partial charge in [-0.15, -0.1) is 0 Å². The number of aryl methyl sites for hydroxylation is 1. The van der Waals surface area contributed by atoms with Crippen LogP contribution in [0.5, 0.6) is 5.88 Å². The number of aromatic nitrogens is 2. The summed E-state index contributed by atoms with van der Waals surface area (Å²) in [4.78, 5) is 14.4. The van der Waals surface area contributed by atoms with Gasteiger partial charge in [-0.1, -0.05) is 24.3 Å². The second-order valence-corrected chi connectivity index (χ2v) is 6.38. The van der Waals surface area contributed by atoms with Crippen molar-refractivity contribution < 1.29 is 14.3 Å². The molecule has 1 amide bonds. The lowest BCUT2D eigenvalue weighted by molar-refractivity contribution is 0.00974. The highest BCUT2D eigenvalue weighted by Crippen LogP contribution is 2.25. The number of fused-ring (bicyclic) bond motifs is 2. The Hall–Kier alpha value is -2.34. The number of carbonyl (C=O) groups excluding carboxylic acids is 1. The van der Waals surface area contributed by atoms with Gasteiger partial charge in [-0.3, -0.25) is 4.79 Å². The molecule has 4 rings (SSSR count). The molecule has 0 unspecified atom stereocenters. The minimum Gasteiger partial charge on any atom is -0.477 e. The van der Waals surface area contributed by atoms with Crippen LogP contribution in [-0.2, 0) is 24.3 Å². The lowest BCUT2D eigenvalue weighted by atomic mass is 9.99. The first-order chi connectivity index (χ1) is 11.7. The second kappa shape index (κ2) is 6.28. The summed E-state index contributed by atoms with van der Waals surface area (Å²) in [6.07, 6.45) is 3.38. The summed E-state index contributed by atoms with van der Waals surface area (Å²) in [7, 11) is 1.80. The van der Waals surface area contributed by atoms with Crippen LogP contribution in [0, 0.1) is 0 Å². The van der Waals surface area contributed by atoms with E-state index in [1.54, 1.807) is 22.8 Å². The Morgan fingerprint density at radius 3 is 3.08 bits per heavy atom. The van der Waals surface area contributed by atoms with E-state index in [1.807, 2.05) is 12.1 Å². The first-order valence-electron chi connectivity index (χ1n) is 8.35. The van der Waals surface area contributed by atoms with Crippen LogP contribution in [0.25, 0.3) is 0 Å². The SMILES string of the molecule is CN(C[C@@H]1Cc2ccccc2CO1)C(=O)c1cnn2c1OCCC2. The van der Waals surface area contributed by atoms with Gasteiger partial charge in [0.05, 0.1) is 25.5 Å². The summed E-state index contributed by atoms with van der Waals surface area (Å²) < 4.78 is 13.3. The Kier molecular flexibility index (Phi) is 3.98. The summed E-state index contributed by atoms with van der Waals surface area (Å²) in [6, 6.07) is 8.31. The normalized spacial score (nSPS) is 19.1. The zero-order chi connectivity index (χ0) is 16.5. The van der Waals surface area contributed by atoms with Crippen molar-refractivity contribution >= 4 is 5.91 Å². The molecule has 0 aliphatic carbocycles. The average molecular weight is 327 g/mol. The van der Waals surface area contributed by atoms with Crippen molar-refractivity contribution in [2.75, 3.05) is 20.2 Å². The molecule has 0 radical (unpaired) electrons. The number of benzene rings is 1. The Labute approximate surface area is 141 Å². The number of nitrogens with zero attached hydrogens (tertiary/aromatic N) is 3. The van der Waals surface area contributed by atoms with Crippen LogP contribution < -0.4 is 4.74 Å². The monoisotopic (exact) mass is 327 g/mol. The van der Waals surface area contributed by atoms with E-state index in [4.69, 9.17) is 9.47 Å². The molecule has 6 heteroatoms. The molecule has 2 aliphatic heterocycles. The quantitative estimate of drug-likeness (QED) is 0.864. The third-order valence-corrected chi connectivity index (χ3v) is 4.64. The molecule has 24 heavy (non-hydrogen) atoms. The number of likely N-dealkylation sites (N-methyl/N-ethyl adjacent to an activating group) is 1. The lowest BCUT2D eigenvalue weighted by Crippen LogP contribution is -2.38. The highest BCUT2D eigenvalue weighted by molar-refractivity contribution is 5.96. The largest absolute Gasteiger partial charge is 0.477 e. The number of hydrogen-bond acceptors (Lipinski definition) is 4. The minimum absolute atomic E-state index is 0.0150. The molecule has 0 bridgehead atoms. The molecule has 2 aromatic rings. The Morgan fingerprint density at radius 1 is 1.38 bits per heavy atom. The van der Waals surface area contributed by atoms with Gasteiger partial charge in [-0.25, -0.2) is 4.68 Å². The molecular formula is C18H21N3O3. The number of ether oxygens (including phenoxy) is 2. The van der Waals surface area contributed by atoms with E-state index in [1.165, 1.54) is 11.1 Å². The fourth-order valence-corrected chi connectivity index (χ4v) is 3.34. The standard InChI is InChI=1S/C18H21N3O3/c1-20(11-15-9-13-5-2-3-6-14(13)12-24-15)17(22)16-10-19-21-7-4-8-23-18(16)21/h2-3,5-6,10,15H,4,7-9,11-12H2,1H3/t15-/m0/s1. The predicted molar refractivity (Wildman–Crippen MR) is 88.0 cm³/mol. The molecule has 1 atom stereocenters. The van der Waals surface area contributed by atoms with Crippen molar-refractivity contribution in [1.82, 2.24) is 14.7 Å². The Balaban J connectivity index is 1.44. The second-order valence-electron chi connectivity index (χ2n) is 6.38. The topological polar surface area (TPSA) is 56.6 Å². The van der Waals surface area contributed by atoms with E-state index in [-0.39, 0.29) is 12.0 Å². The first kappa shape index (κ1) is 15.2. The van der Waals surface area contributed by atoms with Crippen LogP contribution >= 0.6 is 0 Å². The van der Waals surface area contributed by atoms with Gasteiger partial charge in [-0.2, -0.15) is 5.10 Å². The number of hydrogen-bond donors (Lipinski definition) is 0. The fourth-order valence-electron chi connectivity index (χ4n) is 3.34. The zero-order valence-electron chi connectivity index (χ0n) is 13.8. The van der Waals surface area contributed by atoms with Crippen LogP contribution in [0.2, 0.25) is 0 Å². The van der Waals surface area contributed by atoms with Crippen LogP contribution in [-0.4, -0.2) is 46.9 Å². The van der Waals surface area contributed by atoms with E-state index in [0.717, 1.165) is 19.4 Å². The van der Waals surface area contributed by atoms with Crippen LogP contribution in [0.4, 0.5) is 0 Å². The van der Waals surface area contributed by atoms with Gasteiger partial charge in [0.15, 0.2) is 0 Å². The van der Waals surface area contributed by atoms with Gasteiger partial charge >= 0.3 is 0 Å². The van der Waals surface area contributed by atoms with E-state index in [0.29, 0.717) is 31.2 Å². The van der Waals surface area contributed by atoms with Crippen molar-refractivity contribution in [3.05, 3.63) is 47.2 Å². The van der Waals surface area contributed by atoms with E-state index in [2.05, 4.69) is 17.2 Å². The molecular weight excluding hydrogens is 306 g/mol. The molecule has 1 aromatic carbocycles. The number of rotatable bonds is 3. The average Bonchev–Trinajstić information content (AvgIpc) is 3.05. The molecule has 2 aliphatic rings. The van der Waals surface area contributed by atoms with E-state index < -0.39 is 0 Å². The third kappa shape index (κ3) is 2.78. The third-order valence-electron chi connectivity index (χ3n) is 4.64. The highest BCUT2D eigenvalue weighted by atomic mass is 16.5. The van der Waals surface area contributed by atoms with Crippen molar-refractivity contribution in [2.24, 2.45) is 0 Å². The minimum atomic E-state index is -0.0689. The maximum absolute atomic E-state index is 12.7. The summed E-state index contributed by atoms with van der Waals surface area (Å²) in [5.41, 5.74) is 3.08. The first-order valence-corrected chi connectivity index (χ1v) is 8.35. The van der Waals surface area contributed by atoms with Crippen LogP contribution in [0.15, 0.2) is 30.5 Å². The highest BCUT2D eigenvalue weighted by Gasteiger charge is 2.27. The van der Waals surface area contributed by atoms with Gasteiger partial charge < -0.3 is 14.4 Å². The molecule has 0 saturated carbocycles. The fraction of sp³-hybridized carbons (Fsp3) is 0.444. The summed E-state index contributed by atoms with van der Waals surface area (Å²) in [5, 5.41) is 4.25. The predicted octanol–water partition coefficient (Wildman–Crippen LogP) is 1.88. The van der Waals surface area contributed by atoms with Crippen molar-refractivity contribution in [3.8, 4) is 5.88 Å². The Morgan fingerprint density at radius 2 is 2.21 bits per heavy atom. The molecule has 3 heterocycles.